The Morgan fingerprint density at radius 3 is 2.57 bits per heavy atom. The second-order valence-corrected chi connectivity index (χ2v) is 3.25. The molecular formula is C11H14N3+. The molecule has 0 unspecified atom stereocenters. The van der Waals surface area contributed by atoms with Crippen LogP contribution in [0.1, 0.15) is 6.92 Å². The van der Waals surface area contributed by atoms with Gasteiger partial charge in [0.05, 0.1) is 5.21 Å². The minimum Gasteiger partial charge on any atom is -0.137 e. The maximum absolute atomic E-state index is 4.34. The Bertz CT molecular complexity index is 417. The molecule has 0 atom stereocenters. The third-order valence-electron chi connectivity index (χ3n) is 2.26. The van der Waals surface area contributed by atoms with E-state index in [4.69, 9.17) is 0 Å². The van der Waals surface area contributed by atoms with Crippen molar-refractivity contribution in [2.75, 3.05) is 0 Å². The lowest BCUT2D eigenvalue weighted by molar-refractivity contribution is -0.752. The Morgan fingerprint density at radius 2 is 2.00 bits per heavy atom. The van der Waals surface area contributed by atoms with Crippen molar-refractivity contribution < 1.29 is 4.68 Å². The molecule has 3 heteroatoms. The van der Waals surface area contributed by atoms with Crippen molar-refractivity contribution in [1.82, 2.24) is 9.90 Å². The number of benzene rings is 1. The van der Waals surface area contributed by atoms with Crippen molar-refractivity contribution in [3.63, 3.8) is 0 Å². The largest absolute Gasteiger partial charge is 0.197 e. The van der Waals surface area contributed by atoms with Crippen molar-refractivity contribution in [1.29, 1.82) is 0 Å². The number of aryl methyl sites for hydroxylation is 2. The molecule has 0 aliphatic carbocycles. The fourth-order valence-corrected chi connectivity index (χ4v) is 1.50. The van der Waals surface area contributed by atoms with Gasteiger partial charge in [-0.2, -0.15) is 0 Å². The Kier molecular flexibility index (Phi) is 2.31. The zero-order valence-corrected chi connectivity index (χ0v) is 8.51. The van der Waals surface area contributed by atoms with E-state index in [1.165, 1.54) is 5.56 Å². The third kappa shape index (κ3) is 1.53. The van der Waals surface area contributed by atoms with E-state index in [9.17, 15) is 0 Å². The lowest BCUT2D eigenvalue weighted by atomic mass is 10.2. The predicted molar refractivity (Wildman–Crippen MR) is 54.5 cm³/mol. The highest BCUT2D eigenvalue weighted by Crippen LogP contribution is 2.14. The van der Waals surface area contributed by atoms with Gasteiger partial charge < -0.3 is 0 Å². The molecule has 72 valence electrons. The summed E-state index contributed by atoms with van der Waals surface area (Å²) in [7, 11) is 1.97. The maximum Gasteiger partial charge on any atom is 0.197 e. The predicted octanol–water partition coefficient (Wildman–Crippen LogP) is 1.39. The summed E-state index contributed by atoms with van der Waals surface area (Å²) in [4.78, 5) is 0. The van der Waals surface area contributed by atoms with Gasteiger partial charge in [-0.25, -0.2) is 0 Å². The van der Waals surface area contributed by atoms with Gasteiger partial charge in [-0.05, 0) is 6.92 Å². The molecule has 2 rings (SSSR count). The van der Waals surface area contributed by atoms with Crippen LogP contribution in [0, 0.1) is 0 Å². The van der Waals surface area contributed by atoms with Crippen LogP contribution in [0.2, 0.25) is 0 Å². The van der Waals surface area contributed by atoms with E-state index in [1.54, 1.807) is 0 Å². The first kappa shape index (κ1) is 8.94. The third-order valence-corrected chi connectivity index (χ3v) is 2.26. The van der Waals surface area contributed by atoms with Crippen molar-refractivity contribution in [3.05, 3.63) is 36.5 Å². The molecule has 1 aromatic carbocycles. The van der Waals surface area contributed by atoms with Gasteiger partial charge in [-0.3, -0.25) is 0 Å². The van der Waals surface area contributed by atoms with Crippen LogP contribution in [-0.4, -0.2) is 9.90 Å². The van der Waals surface area contributed by atoms with Gasteiger partial charge in [0.2, 0.25) is 0 Å². The van der Waals surface area contributed by atoms with Crippen molar-refractivity contribution in [2.24, 2.45) is 7.05 Å². The normalized spacial score (nSPS) is 10.4. The minimum atomic E-state index is 0.903. The Labute approximate surface area is 83.6 Å². The van der Waals surface area contributed by atoms with Crippen molar-refractivity contribution >= 4 is 0 Å². The number of hydrogen-bond acceptors (Lipinski definition) is 1. The summed E-state index contributed by atoms with van der Waals surface area (Å²) in [6.45, 7) is 2.99. The zero-order valence-electron chi connectivity index (χ0n) is 8.51. The summed E-state index contributed by atoms with van der Waals surface area (Å²) in [6.07, 6.45) is 2.06. The van der Waals surface area contributed by atoms with E-state index in [1.807, 2.05) is 34.6 Å². The number of nitrogens with zero attached hydrogens (tertiary/aromatic N) is 3. The summed E-state index contributed by atoms with van der Waals surface area (Å²) >= 11 is 0. The van der Waals surface area contributed by atoms with Crippen LogP contribution in [0.25, 0.3) is 11.3 Å². The van der Waals surface area contributed by atoms with Gasteiger partial charge in [0, 0.05) is 5.56 Å². The first-order valence-electron chi connectivity index (χ1n) is 4.80. The van der Waals surface area contributed by atoms with Crippen LogP contribution in [-0.2, 0) is 13.6 Å². The van der Waals surface area contributed by atoms with E-state index < -0.39 is 0 Å². The molecule has 1 aromatic heterocycles. The monoisotopic (exact) mass is 188 g/mol. The summed E-state index contributed by atoms with van der Waals surface area (Å²) in [6, 6.07) is 10.3. The molecule has 0 saturated carbocycles. The molecule has 0 saturated heterocycles. The molecule has 0 radical (unpaired) electrons. The van der Waals surface area contributed by atoms with Crippen LogP contribution in [0.5, 0.6) is 0 Å². The highest BCUT2D eigenvalue weighted by atomic mass is 15.5. The molecule has 0 spiro atoms. The molecule has 0 amide bonds. The van der Waals surface area contributed by atoms with Gasteiger partial charge >= 0.3 is 0 Å². The molecule has 0 fully saturated rings. The van der Waals surface area contributed by atoms with Gasteiger partial charge in [-0.15, -0.1) is 9.36 Å². The molecule has 0 aliphatic heterocycles. The molecule has 1 heterocycles. The summed E-state index contributed by atoms with van der Waals surface area (Å²) < 4.78 is 3.83. The molecular weight excluding hydrogens is 174 g/mol. The standard InChI is InChI=1S/C11H14N3/c1-3-14-9-11(13(2)12-14)10-7-5-4-6-8-10/h4-9H,3H2,1-2H3/q+1. The fourth-order valence-electron chi connectivity index (χ4n) is 1.50. The van der Waals surface area contributed by atoms with Gasteiger partial charge in [0.25, 0.3) is 0 Å². The van der Waals surface area contributed by atoms with Gasteiger partial charge in [0.15, 0.2) is 11.9 Å². The highest BCUT2D eigenvalue weighted by Gasteiger charge is 2.12. The summed E-state index contributed by atoms with van der Waals surface area (Å²) in [5.41, 5.74) is 2.35. The SMILES string of the molecule is CC[n+]1cc(-c2ccccc2)n(C)n1. The molecule has 0 bridgehead atoms. The Hall–Kier alpha value is -1.64. The van der Waals surface area contributed by atoms with E-state index in [0.29, 0.717) is 0 Å². The topological polar surface area (TPSA) is 21.7 Å². The summed E-state index contributed by atoms with van der Waals surface area (Å²) in [5, 5.41) is 4.34. The number of aromatic nitrogens is 3. The average Bonchev–Trinajstić information content (AvgIpc) is 2.61. The molecule has 3 nitrogen and oxygen atoms in total. The second kappa shape index (κ2) is 3.62. The van der Waals surface area contributed by atoms with Crippen LogP contribution >= 0.6 is 0 Å². The molecule has 14 heavy (non-hydrogen) atoms. The fraction of sp³-hybridized carbons (Fsp3) is 0.273. The average molecular weight is 188 g/mol. The van der Waals surface area contributed by atoms with Crippen LogP contribution in [0.4, 0.5) is 0 Å². The van der Waals surface area contributed by atoms with Crippen LogP contribution in [0.15, 0.2) is 36.5 Å². The van der Waals surface area contributed by atoms with Crippen molar-refractivity contribution in [2.45, 2.75) is 13.5 Å². The number of hydrogen-bond donors (Lipinski definition) is 0. The summed E-state index contributed by atoms with van der Waals surface area (Å²) in [5.74, 6) is 0. The minimum absolute atomic E-state index is 0.903. The Morgan fingerprint density at radius 1 is 1.29 bits per heavy atom. The first-order chi connectivity index (χ1) is 6.81. The molecule has 2 aromatic rings. The maximum atomic E-state index is 4.34. The first-order valence-corrected chi connectivity index (χ1v) is 4.80. The number of rotatable bonds is 2. The van der Waals surface area contributed by atoms with Gasteiger partial charge in [0.1, 0.15) is 13.6 Å². The lowest BCUT2D eigenvalue weighted by Crippen LogP contribution is -2.34. The van der Waals surface area contributed by atoms with Crippen LogP contribution < -0.4 is 4.68 Å². The quantitative estimate of drug-likeness (QED) is 0.653. The lowest BCUT2D eigenvalue weighted by Gasteiger charge is -1.92. The second-order valence-electron chi connectivity index (χ2n) is 3.25. The van der Waals surface area contributed by atoms with E-state index in [-0.39, 0.29) is 0 Å². The molecule has 0 N–H and O–H groups in total. The van der Waals surface area contributed by atoms with Crippen LogP contribution in [0.3, 0.4) is 0 Å². The highest BCUT2D eigenvalue weighted by molar-refractivity contribution is 5.57. The van der Waals surface area contributed by atoms with E-state index in [2.05, 4.69) is 30.5 Å². The smallest absolute Gasteiger partial charge is 0.137 e. The van der Waals surface area contributed by atoms with Gasteiger partial charge in [-0.1, -0.05) is 30.3 Å². The zero-order chi connectivity index (χ0) is 9.97. The van der Waals surface area contributed by atoms with E-state index in [0.717, 1.165) is 12.2 Å². The van der Waals surface area contributed by atoms with E-state index >= 15 is 0 Å². The Balaban J connectivity index is 2.46. The molecule has 0 aliphatic rings. The van der Waals surface area contributed by atoms with Crippen molar-refractivity contribution in [3.8, 4) is 11.3 Å².